The van der Waals surface area contributed by atoms with Crippen molar-refractivity contribution < 1.29 is 4.79 Å². The Morgan fingerprint density at radius 3 is 2.77 bits per heavy atom. The van der Waals surface area contributed by atoms with Crippen molar-refractivity contribution in [2.45, 2.75) is 17.7 Å². The summed E-state index contributed by atoms with van der Waals surface area (Å²) in [5.74, 6) is 0.358. The number of carbonyl (C=O) groups is 1. The predicted octanol–water partition coefficient (Wildman–Crippen LogP) is 2.96. The molecule has 1 aromatic carbocycles. The topological polar surface area (TPSA) is 74.0 Å². The summed E-state index contributed by atoms with van der Waals surface area (Å²) >= 11 is 7.38. The molecule has 0 saturated heterocycles. The standard InChI is InChI=1S/C18H20ClN5OS/c1-23(2)17(20)13-3-5-14(6-4-13)24-11-12(10-22-24)9-21-18(25)15-7-8-16(19)26-15/h3-7,10-11,16,20H,8-9H2,1-2H3,(H,21,25). The number of rotatable bonds is 5. The van der Waals surface area contributed by atoms with Gasteiger partial charge in [-0.3, -0.25) is 10.2 Å². The van der Waals surface area contributed by atoms with Gasteiger partial charge >= 0.3 is 0 Å². The van der Waals surface area contributed by atoms with Crippen LogP contribution in [0.5, 0.6) is 0 Å². The highest BCUT2D eigenvalue weighted by Gasteiger charge is 2.20. The molecule has 2 heterocycles. The van der Waals surface area contributed by atoms with Crippen LogP contribution in [0.1, 0.15) is 17.5 Å². The van der Waals surface area contributed by atoms with Gasteiger partial charge in [0.05, 0.1) is 21.5 Å². The number of hydrogen-bond acceptors (Lipinski definition) is 4. The second-order valence-electron chi connectivity index (χ2n) is 6.10. The van der Waals surface area contributed by atoms with E-state index in [0.29, 0.717) is 23.7 Å². The van der Waals surface area contributed by atoms with Crippen LogP contribution in [0.2, 0.25) is 0 Å². The summed E-state index contributed by atoms with van der Waals surface area (Å²) in [6, 6.07) is 7.63. The van der Waals surface area contributed by atoms with Crippen molar-refractivity contribution in [1.29, 1.82) is 5.41 Å². The zero-order chi connectivity index (χ0) is 18.7. The van der Waals surface area contributed by atoms with Crippen LogP contribution in [-0.4, -0.2) is 45.2 Å². The highest BCUT2D eigenvalue weighted by molar-refractivity contribution is 8.05. The Balaban J connectivity index is 1.61. The molecule has 1 aliphatic rings. The number of nitrogens with one attached hydrogen (secondary N) is 2. The van der Waals surface area contributed by atoms with Crippen LogP contribution in [0.25, 0.3) is 5.69 Å². The van der Waals surface area contributed by atoms with E-state index in [9.17, 15) is 4.79 Å². The molecule has 2 N–H and O–H groups in total. The largest absolute Gasteiger partial charge is 0.363 e. The van der Waals surface area contributed by atoms with Crippen molar-refractivity contribution >= 4 is 35.1 Å². The number of aromatic nitrogens is 2. The Morgan fingerprint density at radius 1 is 1.42 bits per heavy atom. The third kappa shape index (κ3) is 4.28. The number of carbonyl (C=O) groups excluding carboxylic acids is 1. The maximum Gasteiger partial charge on any atom is 0.257 e. The van der Waals surface area contributed by atoms with Gasteiger partial charge in [-0.25, -0.2) is 4.68 Å². The first-order chi connectivity index (χ1) is 12.4. The van der Waals surface area contributed by atoms with E-state index < -0.39 is 0 Å². The fraction of sp³-hybridized carbons (Fsp3) is 0.278. The second kappa shape index (κ2) is 7.97. The fourth-order valence-electron chi connectivity index (χ4n) is 2.47. The monoisotopic (exact) mass is 389 g/mol. The molecule has 0 saturated carbocycles. The van der Waals surface area contributed by atoms with Crippen molar-refractivity contribution in [3.8, 4) is 5.69 Å². The molecule has 26 heavy (non-hydrogen) atoms. The maximum atomic E-state index is 12.1. The van der Waals surface area contributed by atoms with Crippen LogP contribution in [0.15, 0.2) is 47.6 Å². The van der Waals surface area contributed by atoms with Gasteiger partial charge in [-0.1, -0.05) is 6.08 Å². The van der Waals surface area contributed by atoms with Crippen molar-refractivity contribution in [3.05, 3.63) is 58.8 Å². The summed E-state index contributed by atoms with van der Waals surface area (Å²) in [6.07, 6.45) is 6.20. The average molecular weight is 390 g/mol. The van der Waals surface area contributed by atoms with Crippen LogP contribution in [0, 0.1) is 5.41 Å². The molecule has 6 nitrogen and oxygen atoms in total. The van der Waals surface area contributed by atoms with E-state index in [1.54, 1.807) is 15.8 Å². The Hall–Kier alpha value is -2.25. The number of alkyl halides is 1. The molecule has 0 bridgehead atoms. The summed E-state index contributed by atoms with van der Waals surface area (Å²) in [5, 5.41) is 15.2. The lowest BCUT2D eigenvalue weighted by molar-refractivity contribution is -0.116. The fourth-order valence-corrected chi connectivity index (χ4v) is 3.69. The van der Waals surface area contributed by atoms with Crippen LogP contribution in [-0.2, 0) is 11.3 Å². The SMILES string of the molecule is CN(C)C(=N)c1ccc(-n2cc(CNC(=O)C3=CCC(Cl)S3)cn2)cc1. The van der Waals surface area contributed by atoms with E-state index in [0.717, 1.165) is 16.8 Å². The van der Waals surface area contributed by atoms with Crippen LogP contribution < -0.4 is 5.32 Å². The first-order valence-electron chi connectivity index (χ1n) is 8.13. The van der Waals surface area contributed by atoms with Crippen molar-refractivity contribution in [1.82, 2.24) is 20.0 Å². The first-order valence-corrected chi connectivity index (χ1v) is 9.45. The summed E-state index contributed by atoms with van der Waals surface area (Å²) in [4.78, 5) is 14.5. The molecule has 1 atom stereocenters. The minimum atomic E-state index is -0.0996. The molecule has 0 radical (unpaired) electrons. The summed E-state index contributed by atoms with van der Waals surface area (Å²) in [7, 11) is 3.69. The van der Waals surface area contributed by atoms with Gasteiger partial charge in [0.15, 0.2) is 0 Å². The number of amidine groups is 1. The van der Waals surface area contributed by atoms with Crippen molar-refractivity contribution in [2.24, 2.45) is 0 Å². The molecule has 0 spiro atoms. The summed E-state index contributed by atoms with van der Waals surface area (Å²) < 4.78 is 1.71. The molecule has 1 unspecified atom stereocenters. The number of thioether (sulfide) groups is 1. The normalized spacial score (nSPS) is 16.3. The Morgan fingerprint density at radius 2 is 2.15 bits per heavy atom. The molecule has 1 amide bonds. The number of amides is 1. The van der Waals surface area contributed by atoms with Crippen LogP contribution >= 0.6 is 23.4 Å². The lowest BCUT2D eigenvalue weighted by atomic mass is 10.2. The van der Waals surface area contributed by atoms with E-state index in [2.05, 4.69) is 10.4 Å². The number of hydrogen-bond donors (Lipinski definition) is 2. The van der Waals surface area contributed by atoms with Gasteiger partial charge in [0.1, 0.15) is 5.84 Å². The van der Waals surface area contributed by atoms with E-state index in [-0.39, 0.29) is 10.6 Å². The molecular formula is C18H20ClN5OS. The van der Waals surface area contributed by atoms with Crippen LogP contribution in [0.4, 0.5) is 0 Å². The molecule has 136 valence electrons. The number of allylic oxidation sites excluding steroid dienone is 1. The van der Waals surface area contributed by atoms with E-state index in [1.165, 1.54) is 11.8 Å². The highest BCUT2D eigenvalue weighted by Crippen LogP contribution is 2.34. The van der Waals surface area contributed by atoms with Gasteiger partial charge in [-0.05, 0) is 30.7 Å². The van der Waals surface area contributed by atoms with E-state index in [1.807, 2.05) is 50.6 Å². The van der Waals surface area contributed by atoms with Gasteiger partial charge in [-0.2, -0.15) is 5.10 Å². The third-order valence-corrected chi connectivity index (χ3v) is 5.41. The molecule has 3 rings (SSSR count). The smallest absolute Gasteiger partial charge is 0.257 e. The average Bonchev–Trinajstić information content (AvgIpc) is 3.28. The maximum absolute atomic E-state index is 12.1. The molecule has 0 fully saturated rings. The van der Waals surface area contributed by atoms with Crippen molar-refractivity contribution in [2.75, 3.05) is 14.1 Å². The van der Waals surface area contributed by atoms with Crippen LogP contribution in [0.3, 0.4) is 0 Å². The first kappa shape index (κ1) is 18.5. The minimum Gasteiger partial charge on any atom is -0.363 e. The summed E-state index contributed by atoms with van der Waals surface area (Å²) in [5.41, 5.74) is 2.66. The molecule has 2 aromatic rings. The van der Waals surface area contributed by atoms with Gasteiger partial charge in [0.25, 0.3) is 5.91 Å². The Bertz CT molecular complexity index is 844. The third-order valence-electron chi connectivity index (χ3n) is 3.91. The lowest BCUT2D eigenvalue weighted by Gasteiger charge is -2.13. The molecule has 1 aromatic heterocycles. The van der Waals surface area contributed by atoms with Gasteiger partial charge < -0.3 is 10.2 Å². The van der Waals surface area contributed by atoms with E-state index in [4.69, 9.17) is 17.0 Å². The lowest BCUT2D eigenvalue weighted by Crippen LogP contribution is -2.22. The quantitative estimate of drug-likeness (QED) is 0.468. The minimum absolute atomic E-state index is 0.0459. The number of nitrogens with zero attached hydrogens (tertiary/aromatic N) is 3. The molecule has 1 aliphatic heterocycles. The predicted molar refractivity (Wildman–Crippen MR) is 106 cm³/mol. The highest BCUT2D eigenvalue weighted by atomic mass is 35.5. The summed E-state index contributed by atoms with van der Waals surface area (Å²) in [6.45, 7) is 0.410. The Labute approximate surface area is 161 Å². The second-order valence-corrected chi connectivity index (χ2v) is 8.13. The Kier molecular flexibility index (Phi) is 5.68. The van der Waals surface area contributed by atoms with E-state index >= 15 is 0 Å². The zero-order valence-electron chi connectivity index (χ0n) is 14.6. The number of halogens is 1. The van der Waals surface area contributed by atoms with Gasteiger partial charge in [-0.15, -0.1) is 23.4 Å². The molecule has 8 heteroatoms. The van der Waals surface area contributed by atoms with Crippen molar-refractivity contribution in [3.63, 3.8) is 0 Å². The van der Waals surface area contributed by atoms with Gasteiger partial charge in [0.2, 0.25) is 0 Å². The zero-order valence-corrected chi connectivity index (χ0v) is 16.1. The van der Waals surface area contributed by atoms with Gasteiger partial charge in [0, 0.05) is 38.0 Å². The molecular weight excluding hydrogens is 370 g/mol. The molecule has 0 aliphatic carbocycles. The number of benzene rings is 1.